The van der Waals surface area contributed by atoms with Gasteiger partial charge in [-0.25, -0.2) is 0 Å². The molecule has 8 aromatic carbocycles. The summed E-state index contributed by atoms with van der Waals surface area (Å²) in [6.07, 6.45) is 0. The minimum absolute atomic E-state index is 0. The van der Waals surface area contributed by atoms with Crippen LogP contribution in [0, 0.1) is 41.5 Å². The standard InChI is InChI=1S/C40H39N2O.2C7H7.Zr/c1-27-20-29(3)39(30(4)21-27)41-18-19-42(25-31-12-6-5-7-13-31)26-34-22-28(2)23-37(40(34)43)38-35-16-10-8-14-32(35)24-33-15-9-11-17-36(33)38;2*1-7-5-3-2-4-6-7;/h5-17,20-24,43H,18-19,25-26H2,1-4H3;2*2-6H,1H2;/q3*-1;+3. The van der Waals surface area contributed by atoms with Crippen LogP contribution in [0.4, 0.5) is 5.69 Å². The molecule has 0 fully saturated rings. The molecule has 0 aromatic heterocycles. The van der Waals surface area contributed by atoms with Gasteiger partial charge in [0.25, 0.3) is 0 Å². The third-order valence-electron chi connectivity index (χ3n) is 10.0. The van der Waals surface area contributed by atoms with Crippen molar-refractivity contribution in [3.8, 4) is 16.9 Å². The van der Waals surface area contributed by atoms with Crippen molar-refractivity contribution in [3.63, 3.8) is 0 Å². The first-order chi connectivity index (χ1) is 27.7. The summed E-state index contributed by atoms with van der Waals surface area (Å²) >= 11 is 0. The molecule has 289 valence electrons. The van der Waals surface area contributed by atoms with Gasteiger partial charge >= 0.3 is 26.2 Å². The molecule has 0 saturated carbocycles. The average molecular weight is 837 g/mol. The van der Waals surface area contributed by atoms with E-state index in [4.69, 9.17) is 5.32 Å². The van der Waals surface area contributed by atoms with Gasteiger partial charge in [-0.15, -0.1) is 36.5 Å². The number of rotatable bonds is 9. The number of nitrogens with zero attached hydrogens (tertiary/aromatic N) is 2. The van der Waals surface area contributed by atoms with Gasteiger partial charge in [-0.3, -0.25) is 4.90 Å². The Morgan fingerprint density at radius 3 is 1.50 bits per heavy atom. The van der Waals surface area contributed by atoms with E-state index in [1.165, 1.54) is 33.0 Å². The van der Waals surface area contributed by atoms with Gasteiger partial charge in [0.05, 0.1) is 0 Å². The zero-order chi connectivity index (χ0) is 40.1. The van der Waals surface area contributed by atoms with Gasteiger partial charge in [0.15, 0.2) is 0 Å². The second-order valence-corrected chi connectivity index (χ2v) is 14.8. The summed E-state index contributed by atoms with van der Waals surface area (Å²) in [5, 5.41) is 21.6. The molecule has 0 bridgehead atoms. The van der Waals surface area contributed by atoms with Crippen LogP contribution >= 0.6 is 0 Å². The number of hydrogen-bond donors (Lipinski definition) is 1. The van der Waals surface area contributed by atoms with E-state index in [-0.39, 0.29) is 26.2 Å². The minimum atomic E-state index is 0. The topological polar surface area (TPSA) is 37.6 Å². The zero-order valence-electron chi connectivity index (χ0n) is 34.3. The normalized spacial score (nSPS) is 10.6. The maximum absolute atomic E-state index is 12.0. The Labute approximate surface area is 365 Å². The number of hydrogen-bond acceptors (Lipinski definition) is 2. The Hall–Kier alpha value is -5.54. The molecule has 0 saturated heterocycles. The summed E-state index contributed by atoms with van der Waals surface area (Å²) in [4.78, 5) is 2.40. The van der Waals surface area contributed by atoms with Crippen molar-refractivity contribution in [3.05, 3.63) is 234 Å². The number of aryl methyl sites for hydroxylation is 4. The first kappa shape index (κ1) is 43.6. The Bertz CT molecular complexity index is 2400. The van der Waals surface area contributed by atoms with Gasteiger partial charge in [0.1, 0.15) is 5.75 Å². The van der Waals surface area contributed by atoms with Gasteiger partial charge in [-0.2, -0.15) is 49.2 Å². The van der Waals surface area contributed by atoms with Crippen LogP contribution in [0.1, 0.15) is 44.5 Å². The van der Waals surface area contributed by atoms with Crippen LogP contribution in [0.3, 0.4) is 0 Å². The Morgan fingerprint density at radius 2 is 1.00 bits per heavy atom. The Balaban J connectivity index is 0.000000359. The molecule has 1 radical (unpaired) electrons. The largest absolute Gasteiger partial charge is 3.00 e. The molecule has 58 heavy (non-hydrogen) atoms. The number of phenolic OH excluding ortho intramolecular Hbond substituents is 1. The van der Waals surface area contributed by atoms with Crippen molar-refractivity contribution < 1.29 is 31.3 Å². The van der Waals surface area contributed by atoms with E-state index in [9.17, 15) is 5.11 Å². The van der Waals surface area contributed by atoms with Crippen LogP contribution in [-0.2, 0) is 39.3 Å². The van der Waals surface area contributed by atoms with Gasteiger partial charge in [0, 0.05) is 29.8 Å². The van der Waals surface area contributed by atoms with Gasteiger partial charge in [-0.1, -0.05) is 126 Å². The molecule has 0 aliphatic heterocycles. The summed E-state index contributed by atoms with van der Waals surface area (Å²) in [6, 6.07) is 58.2. The number of phenols is 1. The fraction of sp³-hybridized carbons (Fsp3) is 0.148. The van der Waals surface area contributed by atoms with Gasteiger partial charge in [-0.05, 0) is 79.0 Å². The molecule has 8 aromatic rings. The molecule has 0 amide bonds. The number of benzene rings is 8. The maximum Gasteiger partial charge on any atom is 3.00 e. The molecule has 0 atom stereocenters. The second-order valence-electron chi connectivity index (χ2n) is 14.8. The molecule has 4 heteroatoms. The van der Waals surface area contributed by atoms with Crippen LogP contribution in [-0.4, -0.2) is 23.1 Å². The minimum Gasteiger partial charge on any atom is -0.683 e. The van der Waals surface area contributed by atoms with Crippen molar-refractivity contribution in [2.24, 2.45) is 0 Å². The molecule has 1 N–H and O–H groups in total. The molecular formula is C54H53N2OZr. The smallest absolute Gasteiger partial charge is 0.683 e. The first-order valence-corrected chi connectivity index (χ1v) is 19.6. The third-order valence-corrected chi connectivity index (χ3v) is 10.0. The molecule has 8 rings (SSSR count). The van der Waals surface area contributed by atoms with E-state index in [1.807, 2.05) is 60.7 Å². The van der Waals surface area contributed by atoms with E-state index in [2.05, 4.69) is 156 Å². The quantitative estimate of drug-likeness (QED) is 0.116. The average Bonchev–Trinajstić information content (AvgIpc) is 3.20. The molecule has 0 unspecified atom stereocenters. The van der Waals surface area contributed by atoms with Crippen LogP contribution < -0.4 is 0 Å². The van der Waals surface area contributed by atoms with Crippen LogP contribution in [0.5, 0.6) is 5.75 Å². The summed E-state index contributed by atoms with van der Waals surface area (Å²) < 4.78 is 0. The van der Waals surface area contributed by atoms with E-state index in [0.29, 0.717) is 18.8 Å². The van der Waals surface area contributed by atoms with Crippen molar-refractivity contribution in [1.29, 1.82) is 0 Å². The summed E-state index contributed by atoms with van der Waals surface area (Å²) in [5.41, 5.74) is 12.2. The van der Waals surface area contributed by atoms with Gasteiger partial charge in [0.2, 0.25) is 0 Å². The summed E-state index contributed by atoms with van der Waals surface area (Å²) in [6.45, 7) is 18.9. The summed E-state index contributed by atoms with van der Waals surface area (Å²) in [7, 11) is 0. The fourth-order valence-corrected chi connectivity index (χ4v) is 7.45. The molecule has 0 aliphatic carbocycles. The molecule has 3 nitrogen and oxygen atoms in total. The molecule has 0 aliphatic rings. The van der Waals surface area contributed by atoms with E-state index in [0.717, 1.165) is 62.9 Å². The molecule has 0 spiro atoms. The van der Waals surface area contributed by atoms with Crippen molar-refractivity contribution in [2.75, 3.05) is 13.1 Å². The van der Waals surface area contributed by atoms with E-state index in [1.54, 1.807) is 0 Å². The Morgan fingerprint density at radius 1 is 0.534 bits per heavy atom. The molecular weight excluding hydrogens is 784 g/mol. The number of aromatic hydroxyl groups is 1. The predicted molar refractivity (Wildman–Crippen MR) is 244 cm³/mol. The summed E-state index contributed by atoms with van der Waals surface area (Å²) in [5.74, 6) is 0.354. The van der Waals surface area contributed by atoms with Crippen LogP contribution in [0.2, 0.25) is 0 Å². The van der Waals surface area contributed by atoms with Crippen LogP contribution in [0.15, 0.2) is 170 Å². The maximum atomic E-state index is 12.0. The van der Waals surface area contributed by atoms with Crippen LogP contribution in [0.25, 0.3) is 38.0 Å². The predicted octanol–water partition coefficient (Wildman–Crippen LogP) is 14.0. The van der Waals surface area contributed by atoms with Crippen molar-refractivity contribution in [1.82, 2.24) is 4.90 Å². The zero-order valence-corrected chi connectivity index (χ0v) is 36.7. The Kier molecular flexibility index (Phi) is 16.0. The van der Waals surface area contributed by atoms with Gasteiger partial charge < -0.3 is 10.4 Å². The van der Waals surface area contributed by atoms with E-state index < -0.39 is 0 Å². The fourth-order valence-electron chi connectivity index (χ4n) is 7.45. The van der Waals surface area contributed by atoms with E-state index >= 15 is 0 Å². The SMILES string of the molecule is Cc1cc(C)c([N-]CCN(Cc2ccccc2)Cc2cc(C)cc(-c3c4ccccc4cc4ccccc34)c2O)c(C)c1.[CH2-]c1ccccc1.[CH2-]c1ccccc1.[Zr+3]. The first-order valence-electron chi connectivity index (χ1n) is 19.6. The monoisotopic (exact) mass is 835 g/mol. The third kappa shape index (κ3) is 11.8. The second kappa shape index (κ2) is 21.3. The molecule has 0 heterocycles. The van der Waals surface area contributed by atoms with Crippen molar-refractivity contribution in [2.45, 2.75) is 40.8 Å². The van der Waals surface area contributed by atoms with Crippen molar-refractivity contribution >= 4 is 27.2 Å². The number of fused-ring (bicyclic) bond motifs is 2.